The summed E-state index contributed by atoms with van der Waals surface area (Å²) in [6.45, 7) is 3.27. The molecule has 3 aliphatic heterocycles. The molecular formula is C27H29NO5. The molecule has 3 aromatic rings. The van der Waals surface area contributed by atoms with E-state index < -0.39 is 12.2 Å². The zero-order valence-electron chi connectivity index (χ0n) is 18.6. The number of aliphatic hydroxyl groups is 2. The molecule has 172 valence electrons. The van der Waals surface area contributed by atoms with Gasteiger partial charge in [0.2, 0.25) is 0 Å². The van der Waals surface area contributed by atoms with E-state index in [1.54, 1.807) is 0 Å². The molecule has 6 nitrogen and oxygen atoms in total. The average molecular weight is 448 g/mol. The first-order valence-corrected chi connectivity index (χ1v) is 11.8. The van der Waals surface area contributed by atoms with Crippen molar-refractivity contribution in [3.05, 3.63) is 65.7 Å². The first-order valence-electron chi connectivity index (χ1n) is 11.8. The van der Waals surface area contributed by atoms with Gasteiger partial charge in [0.05, 0.1) is 12.2 Å². The van der Waals surface area contributed by atoms with Crippen LogP contribution < -0.4 is 14.2 Å². The van der Waals surface area contributed by atoms with Gasteiger partial charge in [0.15, 0.2) is 11.5 Å². The lowest BCUT2D eigenvalue weighted by Crippen LogP contribution is -2.51. The van der Waals surface area contributed by atoms with Crippen LogP contribution in [-0.2, 0) is 0 Å². The number of piperidine rings is 1. The standard InChI is InChI=1S/C27H29NO5/c29-22-16-27(33-26-20-4-2-1-3-18(20)5-7-21(22)26)9-11-28(12-10-27)17-23(30)19-6-8-24-25(15-19)32-14-13-31-24/h1-8,15,22-23,29-30H,9-14,16-17H2/t22-,23-/m0/s1. The van der Waals surface area contributed by atoms with Crippen molar-refractivity contribution < 1.29 is 24.4 Å². The smallest absolute Gasteiger partial charge is 0.161 e. The molecule has 3 heterocycles. The van der Waals surface area contributed by atoms with Crippen molar-refractivity contribution in [2.24, 2.45) is 0 Å². The highest BCUT2D eigenvalue weighted by molar-refractivity contribution is 5.90. The van der Waals surface area contributed by atoms with Crippen LogP contribution in [0, 0.1) is 0 Å². The lowest BCUT2D eigenvalue weighted by Gasteiger charge is -2.46. The Morgan fingerprint density at radius 2 is 1.76 bits per heavy atom. The molecule has 2 N–H and O–H groups in total. The van der Waals surface area contributed by atoms with Gasteiger partial charge in [-0.25, -0.2) is 0 Å². The highest BCUT2D eigenvalue weighted by Gasteiger charge is 2.43. The Bertz CT molecular complexity index is 1170. The minimum absolute atomic E-state index is 0.366. The third kappa shape index (κ3) is 3.82. The molecular weight excluding hydrogens is 418 g/mol. The topological polar surface area (TPSA) is 71.4 Å². The second-order valence-corrected chi connectivity index (χ2v) is 9.43. The molecule has 0 saturated carbocycles. The number of hydrogen-bond donors (Lipinski definition) is 2. The molecule has 0 amide bonds. The van der Waals surface area contributed by atoms with Gasteiger partial charge in [0.1, 0.15) is 24.6 Å². The zero-order valence-corrected chi connectivity index (χ0v) is 18.6. The number of β-amino-alcohol motifs (C(OH)–C–C–N with tert-alkyl or cyclic N) is 1. The summed E-state index contributed by atoms with van der Waals surface area (Å²) in [5.41, 5.74) is 1.36. The molecule has 3 aliphatic rings. The van der Waals surface area contributed by atoms with Gasteiger partial charge in [0, 0.05) is 37.0 Å². The first-order chi connectivity index (χ1) is 16.1. The van der Waals surface area contributed by atoms with E-state index in [-0.39, 0.29) is 5.60 Å². The Morgan fingerprint density at radius 1 is 0.970 bits per heavy atom. The Labute approximate surface area is 193 Å². The van der Waals surface area contributed by atoms with Crippen LogP contribution in [-0.4, -0.2) is 53.6 Å². The molecule has 1 spiro atoms. The van der Waals surface area contributed by atoms with E-state index in [1.807, 2.05) is 36.4 Å². The van der Waals surface area contributed by atoms with Gasteiger partial charge in [-0.05, 0) is 35.9 Å². The third-order valence-electron chi connectivity index (χ3n) is 7.30. The minimum atomic E-state index is -0.600. The van der Waals surface area contributed by atoms with Gasteiger partial charge >= 0.3 is 0 Å². The summed E-state index contributed by atoms with van der Waals surface area (Å²) in [6.07, 6.45) is 1.13. The van der Waals surface area contributed by atoms with E-state index >= 15 is 0 Å². The Kier molecular flexibility index (Phi) is 5.17. The summed E-state index contributed by atoms with van der Waals surface area (Å²) in [5.74, 6) is 2.26. The van der Waals surface area contributed by atoms with Gasteiger partial charge in [-0.1, -0.05) is 42.5 Å². The fourth-order valence-electron chi connectivity index (χ4n) is 5.42. The Balaban J connectivity index is 1.15. The van der Waals surface area contributed by atoms with E-state index in [0.717, 1.165) is 59.3 Å². The number of likely N-dealkylation sites (tertiary alicyclic amines) is 1. The lowest BCUT2D eigenvalue weighted by molar-refractivity contribution is -0.0577. The van der Waals surface area contributed by atoms with Crippen molar-refractivity contribution in [2.75, 3.05) is 32.8 Å². The van der Waals surface area contributed by atoms with E-state index in [0.29, 0.717) is 31.9 Å². The van der Waals surface area contributed by atoms with Crippen LogP contribution in [0.1, 0.15) is 42.6 Å². The summed E-state index contributed by atoms with van der Waals surface area (Å²) in [7, 11) is 0. The van der Waals surface area contributed by atoms with Gasteiger partial charge in [-0.2, -0.15) is 0 Å². The maximum Gasteiger partial charge on any atom is 0.161 e. The molecule has 6 rings (SSSR count). The van der Waals surface area contributed by atoms with Crippen molar-refractivity contribution >= 4 is 10.8 Å². The predicted octanol–water partition coefficient (Wildman–Crippen LogP) is 4.00. The van der Waals surface area contributed by atoms with Crippen LogP contribution in [0.2, 0.25) is 0 Å². The van der Waals surface area contributed by atoms with Crippen LogP contribution in [0.4, 0.5) is 0 Å². The molecule has 0 aromatic heterocycles. The first kappa shape index (κ1) is 20.8. The normalized spacial score (nSPS) is 22.5. The molecule has 0 aliphatic carbocycles. The number of fused-ring (bicyclic) bond motifs is 4. The van der Waals surface area contributed by atoms with Crippen LogP contribution in [0.3, 0.4) is 0 Å². The molecule has 1 saturated heterocycles. The zero-order chi connectivity index (χ0) is 22.4. The van der Waals surface area contributed by atoms with Gasteiger partial charge in [0.25, 0.3) is 0 Å². The number of ether oxygens (including phenoxy) is 3. The van der Waals surface area contributed by atoms with Crippen LogP contribution in [0.5, 0.6) is 17.2 Å². The second-order valence-electron chi connectivity index (χ2n) is 9.43. The Hall–Kier alpha value is -2.80. The van der Waals surface area contributed by atoms with Crippen LogP contribution in [0.25, 0.3) is 10.8 Å². The van der Waals surface area contributed by atoms with Gasteiger partial charge in [-0.15, -0.1) is 0 Å². The third-order valence-corrected chi connectivity index (χ3v) is 7.30. The lowest BCUT2D eigenvalue weighted by atomic mass is 9.81. The largest absolute Gasteiger partial charge is 0.486 e. The number of nitrogens with zero attached hydrogens (tertiary/aromatic N) is 1. The summed E-state index contributed by atoms with van der Waals surface area (Å²) in [6, 6.07) is 17.9. The molecule has 0 radical (unpaired) electrons. The van der Waals surface area contributed by atoms with Crippen LogP contribution >= 0.6 is 0 Å². The highest BCUT2D eigenvalue weighted by Crippen LogP contribution is 2.47. The maximum absolute atomic E-state index is 10.9. The molecule has 6 heteroatoms. The molecule has 2 atom stereocenters. The number of aliphatic hydroxyl groups excluding tert-OH is 2. The summed E-state index contributed by atoms with van der Waals surface area (Å²) in [5, 5.41) is 24.0. The molecule has 0 unspecified atom stereocenters. The van der Waals surface area contributed by atoms with Crippen molar-refractivity contribution in [3.8, 4) is 17.2 Å². The van der Waals surface area contributed by atoms with E-state index in [2.05, 4.69) is 23.1 Å². The van der Waals surface area contributed by atoms with Crippen molar-refractivity contribution in [2.45, 2.75) is 37.1 Å². The fourth-order valence-corrected chi connectivity index (χ4v) is 5.42. The van der Waals surface area contributed by atoms with Crippen molar-refractivity contribution in [3.63, 3.8) is 0 Å². The highest BCUT2D eigenvalue weighted by atomic mass is 16.6. The second kappa shape index (κ2) is 8.20. The summed E-state index contributed by atoms with van der Waals surface area (Å²) < 4.78 is 17.9. The minimum Gasteiger partial charge on any atom is -0.486 e. The Morgan fingerprint density at radius 3 is 2.61 bits per heavy atom. The molecule has 0 bridgehead atoms. The van der Waals surface area contributed by atoms with Crippen LogP contribution in [0.15, 0.2) is 54.6 Å². The molecule has 1 fully saturated rings. The van der Waals surface area contributed by atoms with E-state index in [4.69, 9.17) is 14.2 Å². The van der Waals surface area contributed by atoms with E-state index in [1.165, 1.54) is 0 Å². The monoisotopic (exact) mass is 447 g/mol. The predicted molar refractivity (Wildman–Crippen MR) is 125 cm³/mol. The fraction of sp³-hybridized carbons (Fsp3) is 0.407. The van der Waals surface area contributed by atoms with Gasteiger partial charge < -0.3 is 29.3 Å². The SMILES string of the molecule is O[C@@H](CN1CCC2(CC1)C[C@H](O)c1ccc3ccccc3c1O2)c1ccc2c(c1)OCCO2. The molecule has 3 aromatic carbocycles. The summed E-state index contributed by atoms with van der Waals surface area (Å²) in [4.78, 5) is 2.28. The number of rotatable bonds is 3. The quantitative estimate of drug-likeness (QED) is 0.633. The maximum atomic E-state index is 10.9. The van der Waals surface area contributed by atoms with Crippen molar-refractivity contribution in [1.82, 2.24) is 4.90 Å². The number of benzene rings is 3. The van der Waals surface area contributed by atoms with Crippen molar-refractivity contribution in [1.29, 1.82) is 0 Å². The number of hydrogen-bond acceptors (Lipinski definition) is 6. The van der Waals surface area contributed by atoms with Gasteiger partial charge in [-0.3, -0.25) is 0 Å². The molecule has 33 heavy (non-hydrogen) atoms. The van der Waals surface area contributed by atoms with E-state index in [9.17, 15) is 10.2 Å². The summed E-state index contributed by atoms with van der Waals surface area (Å²) >= 11 is 0. The average Bonchev–Trinajstić information content (AvgIpc) is 2.85.